The van der Waals surface area contributed by atoms with Gasteiger partial charge in [-0.1, -0.05) is 54.2 Å². The number of allylic oxidation sites excluding steroid dienone is 1. The zero-order valence-electron chi connectivity index (χ0n) is 20.7. The van der Waals surface area contributed by atoms with Gasteiger partial charge in [-0.15, -0.1) is 0 Å². The summed E-state index contributed by atoms with van der Waals surface area (Å²) in [6, 6.07) is 14.4. The number of carbonyl (C=O) groups is 2. The maximum absolute atomic E-state index is 13.6. The zero-order valence-corrected chi connectivity index (χ0v) is 21.6. The normalized spacial score (nSPS) is 16.7. The summed E-state index contributed by atoms with van der Waals surface area (Å²) >= 11 is 1.42. The van der Waals surface area contributed by atoms with Gasteiger partial charge in [0, 0.05) is 17.8 Å². The van der Waals surface area contributed by atoms with Gasteiger partial charge >= 0.3 is 5.97 Å². The summed E-state index contributed by atoms with van der Waals surface area (Å²) in [6.07, 6.45) is 0.147. The van der Waals surface area contributed by atoms with Crippen molar-refractivity contribution in [1.29, 1.82) is 0 Å². The number of benzene rings is 2. The van der Waals surface area contributed by atoms with E-state index >= 15 is 0 Å². The number of hydrogen-bond acceptors (Lipinski definition) is 8. The number of nitrogens with zero attached hydrogens (tertiary/aromatic N) is 2. The first-order valence-electron chi connectivity index (χ1n) is 11.6. The number of ether oxygens (including phenoxy) is 3. The van der Waals surface area contributed by atoms with Crippen LogP contribution >= 0.6 is 11.8 Å². The number of fused-ring (bicyclic) bond motifs is 1. The lowest BCUT2D eigenvalue weighted by atomic mass is 9.92. The fourth-order valence-corrected chi connectivity index (χ4v) is 5.24. The molecule has 2 aliphatic heterocycles. The Morgan fingerprint density at radius 2 is 1.86 bits per heavy atom. The van der Waals surface area contributed by atoms with Crippen LogP contribution in [0.3, 0.4) is 0 Å². The number of thioether (sulfide) groups is 1. The maximum Gasteiger partial charge on any atom is 0.338 e. The molecule has 1 atom stereocenters. The lowest BCUT2D eigenvalue weighted by molar-refractivity contribution is -0.141. The van der Waals surface area contributed by atoms with Crippen molar-refractivity contribution in [3.8, 4) is 11.5 Å². The van der Waals surface area contributed by atoms with Gasteiger partial charge in [-0.2, -0.15) is 0 Å². The Bertz CT molecular complexity index is 1240. The second-order valence-electron chi connectivity index (χ2n) is 8.17. The standard InChI is InChI=1S/C27H29N3O5S/c1-5-28-22(31)14-19-16-36-27-29-17(2)23(26(32)35-15-18-10-7-6-8-11-18)24(30(19)27)20-12-9-13-21(33-3)25(20)34-4/h6-13,16,24H,5,14-15H2,1-4H3,(H,28,31)/t24-/m1/s1. The third-order valence-corrected chi connectivity index (χ3v) is 6.77. The molecular weight excluding hydrogens is 478 g/mol. The second-order valence-corrected chi connectivity index (χ2v) is 9.00. The summed E-state index contributed by atoms with van der Waals surface area (Å²) in [6.45, 7) is 4.33. The summed E-state index contributed by atoms with van der Waals surface area (Å²) in [7, 11) is 3.13. The fourth-order valence-electron chi connectivity index (χ4n) is 4.28. The topological polar surface area (TPSA) is 89.5 Å². The van der Waals surface area contributed by atoms with Crippen LogP contribution in [0.1, 0.15) is 37.4 Å². The van der Waals surface area contributed by atoms with E-state index in [-0.39, 0.29) is 18.9 Å². The number of rotatable bonds is 9. The number of amides is 1. The minimum absolute atomic E-state index is 0.110. The van der Waals surface area contributed by atoms with Gasteiger partial charge in [0.1, 0.15) is 6.61 Å². The smallest absolute Gasteiger partial charge is 0.338 e. The molecular formula is C27H29N3O5S. The first-order valence-corrected chi connectivity index (χ1v) is 12.5. The predicted octanol–water partition coefficient (Wildman–Crippen LogP) is 4.55. The number of esters is 1. The molecule has 2 aromatic carbocycles. The highest BCUT2D eigenvalue weighted by Gasteiger charge is 2.42. The number of para-hydroxylation sites is 1. The van der Waals surface area contributed by atoms with E-state index in [0.29, 0.717) is 40.0 Å². The molecule has 0 saturated heterocycles. The van der Waals surface area contributed by atoms with Gasteiger partial charge in [0.2, 0.25) is 5.91 Å². The van der Waals surface area contributed by atoms with Crippen LogP contribution in [0.15, 0.2) is 75.9 Å². The quantitative estimate of drug-likeness (QED) is 0.498. The first kappa shape index (κ1) is 25.4. The fraction of sp³-hybridized carbons (Fsp3) is 0.296. The molecule has 0 bridgehead atoms. The molecule has 0 unspecified atom stereocenters. The number of hydrogen-bond donors (Lipinski definition) is 1. The maximum atomic E-state index is 13.6. The van der Waals surface area contributed by atoms with Gasteiger partial charge in [-0.25, -0.2) is 9.79 Å². The molecule has 2 aliphatic rings. The highest BCUT2D eigenvalue weighted by Crippen LogP contribution is 2.48. The van der Waals surface area contributed by atoms with Gasteiger partial charge in [-0.05, 0) is 30.9 Å². The summed E-state index contributed by atoms with van der Waals surface area (Å²) in [4.78, 5) is 32.7. The van der Waals surface area contributed by atoms with Crippen molar-refractivity contribution in [3.05, 3.63) is 82.0 Å². The molecule has 2 aromatic rings. The monoisotopic (exact) mass is 507 g/mol. The Morgan fingerprint density at radius 1 is 1.08 bits per heavy atom. The van der Waals surface area contributed by atoms with Crippen molar-refractivity contribution in [3.63, 3.8) is 0 Å². The molecule has 0 spiro atoms. The average Bonchev–Trinajstić information content (AvgIpc) is 3.28. The molecule has 1 N–H and O–H groups in total. The number of amidine groups is 1. The SMILES string of the molecule is CCNC(=O)CC1=CSC2=NC(C)=C(C(=O)OCc3ccccc3)[C@@H](c3cccc(OC)c3OC)N12. The van der Waals surface area contributed by atoms with E-state index in [0.717, 1.165) is 11.3 Å². The van der Waals surface area contributed by atoms with Crippen molar-refractivity contribution in [2.75, 3.05) is 20.8 Å². The minimum atomic E-state index is -0.624. The van der Waals surface area contributed by atoms with Crippen LogP contribution < -0.4 is 14.8 Å². The summed E-state index contributed by atoms with van der Waals surface area (Å²) in [5.41, 5.74) is 3.26. The van der Waals surface area contributed by atoms with Crippen molar-refractivity contribution >= 4 is 28.8 Å². The van der Waals surface area contributed by atoms with Crippen LogP contribution in [0, 0.1) is 0 Å². The van der Waals surface area contributed by atoms with Gasteiger partial charge in [0.15, 0.2) is 16.7 Å². The third-order valence-electron chi connectivity index (χ3n) is 5.88. The minimum Gasteiger partial charge on any atom is -0.493 e. The Balaban J connectivity index is 1.77. The van der Waals surface area contributed by atoms with Gasteiger partial charge in [0.25, 0.3) is 0 Å². The van der Waals surface area contributed by atoms with E-state index in [1.807, 2.05) is 59.7 Å². The average molecular weight is 508 g/mol. The molecule has 36 heavy (non-hydrogen) atoms. The van der Waals surface area contributed by atoms with Gasteiger partial charge in [-0.3, -0.25) is 4.79 Å². The van der Waals surface area contributed by atoms with Crippen LogP contribution in [-0.4, -0.2) is 42.7 Å². The van der Waals surface area contributed by atoms with Crippen LogP contribution in [0.5, 0.6) is 11.5 Å². The lowest BCUT2D eigenvalue weighted by Gasteiger charge is -2.37. The predicted molar refractivity (Wildman–Crippen MR) is 139 cm³/mol. The highest BCUT2D eigenvalue weighted by atomic mass is 32.2. The Morgan fingerprint density at radius 3 is 2.56 bits per heavy atom. The third kappa shape index (κ3) is 5.11. The van der Waals surface area contributed by atoms with E-state index in [2.05, 4.69) is 5.32 Å². The van der Waals surface area contributed by atoms with Crippen LogP contribution in [-0.2, 0) is 20.9 Å². The molecule has 1 amide bonds. The number of methoxy groups -OCH3 is 2. The lowest BCUT2D eigenvalue weighted by Crippen LogP contribution is -2.38. The van der Waals surface area contributed by atoms with E-state index in [9.17, 15) is 9.59 Å². The van der Waals surface area contributed by atoms with Crippen LogP contribution in [0.2, 0.25) is 0 Å². The van der Waals surface area contributed by atoms with Crippen molar-refractivity contribution in [2.45, 2.75) is 32.9 Å². The Kier molecular flexibility index (Phi) is 8.00. The van der Waals surface area contributed by atoms with Crippen molar-refractivity contribution in [2.24, 2.45) is 4.99 Å². The summed E-state index contributed by atoms with van der Waals surface area (Å²) in [5, 5.41) is 5.42. The van der Waals surface area contributed by atoms with E-state index in [4.69, 9.17) is 19.2 Å². The summed E-state index contributed by atoms with van der Waals surface area (Å²) in [5.74, 6) is 0.446. The van der Waals surface area contributed by atoms with Gasteiger partial charge in [0.05, 0.1) is 38.0 Å². The highest BCUT2D eigenvalue weighted by molar-refractivity contribution is 8.16. The number of carbonyl (C=O) groups excluding carboxylic acids is 2. The first-order chi connectivity index (χ1) is 17.5. The molecule has 2 heterocycles. The molecule has 0 radical (unpaired) electrons. The largest absolute Gasteiger partial charge is 0.493 e. The zero-order chi connectivity index (χ0) is 25.7. The number of aliphatic imine (C=N–C) groups is 1. The number of nitrogens with one attached hydrogen (secondary N) is 1. The molecule has 0 aromatic heterocycles. The molecule has 0 saturated carbocycles. The molecule has 8 nitrogen and oxygen atoms in total. The van der Waals surface area contributed by atoms with E-state index < -0.39 is 12.0 Å². The second kappa shape index (κ2) is 11.3. The van der Waals surface area contributed by atoms with E-state index in [1.165, 1.54) is 11.8 Å². The van der Waals surface area contributed by atoms with Crippen LogP contribution in [0.4, 0.5) is 0 Å². The van der Waals surface area contributed by atoms with E-state index in [1.54, 1.807) is 27.2 Å². The Hall–Kier alpha value is -3.72. The molecule has 9 heteroatoms. The molecule has 0 fully saturated rings. The molecule has 188 valence electrons. The van der Waals surface area contributed by atoms with Crippen molar-refractivity contribution < 1.29 is 23.8 Å². The summed E-state index contributed by atoms with van der Waals surface area (Å²) < 4.78 is 17.0. The Labute approximate surface area is 215 Å². The molecule has 4 rings (SSSR count). The van der Waals surface area contributed by atoms with Crippen LogP contribution in [0.25, 0.3) is 0 Å². The molecule has 0 aliphatic carbocycles. The van der Waals surface area contributed by atoms with Crippen molar-refractivity contribution in [1.82, 2.24) is 10.2 Å². The van der Waals surface area contributed by atoms with Gasteiger partial charge < -0.3 is 24.4 Å².